The summed E-state index contributed by atoms with van der Waals surface area (Å²) < 4.78 is 0. The van der Waals surface area contributed by atoms with Crippen LogP contribution in [-0.4, -0.2) is 21.8 Å². The lowest BCUT2D eigenvalue weighted by molar-refractivity contribution is -0.122. The predicted octanol–water partition coefficient (Wildman–Crippen LogP) is 1.16. The first kappa shape index (κ1) is 15.9. The van der Waals surface area contributed by atoms with Crippen molar-refractivity contribution in [2.24, 2.45) is 22.4 Å². The van der Waals surface area contributed by atoms with Crippen molar-refractivity contribution in [2.45, 2.75) is 19.4 Å². The number of aliphatic imine (C=N–C) groups is 1. The van der Waals surface area contributed by atoms with Crippen LogP contribution in [0.1, 0.15) is 18.5 Å². The zero-order valence-electron chi connectivity index (χ0n) is 12.0. The molecule has 2 aromatic rings. The van der Waals surface area contributed by atoms with Gasteiger partial charge in [-0.1, -0.05) is 6.07 Å². The lowest BCUT2D eigenvalue weighted by atomic mass is 10.3. The number of amides is 1. The molecule has 2 heterocycles. The van der Waals surface area contributed by atoms with Crippen LogP contribution in [0.15, 0.2) is 41.0 Å². The second-order valence-electron chi connectivity index (χ2n) is 4.66. The van der Waals surface area contributed by atoms with Crippen LogP contribution in [0, 0.1) is 5.92 Å². The normalized spacial score (nSPS) is 12.7. The van der Waals surface area contributed by atoms with Gasteiger partial charge in [-0.15, -0.1) is 11.3 Å². The minimum atomic E-state index is 0.0463. The molecule has 7 nitrogen and oxygen atoms in total. The molecule has 5 N–H and O–H groups in total. The summed E-state index contributed by atoms with van der Waals surface area (Å²) in [5.74, 6) is 0.499. The molecule has 0 unspecified atom stereocenters. The van der Waals surface area contributed by atoms with E-state index in [0.717, 1.165) is 18.5 Å². The summed E-state index contributed by atoms with van der Waals surface area (Å²) in [7, 11) is 0. The van der Waals surface area contributed by atoms with E-state index in [4.69, 9.17) is 11.5 Å². The van der Waals surface area contributed by atoms with E-state index in [1.54, 1.807) is 12.4 Å². The van der Waals surface area contributed by atoms with Gasteiger partial charge in [-0.05, 0) is 25.0 Å². The number of nitrogens with zero attached hydrogens (tertiary/aromatic N) is 3. The molecule has 1 fully saturated rings. The molecule has 1 saturated carbocycles. The third kappa shape index (κ3) is 5.88. The van der Waals surface area contributed by atoms with E-state index in [9.17, 15) is 4.79 Å². The van der Waals surface area contributed by atoms with E-state index in [-0.39, 0.29) is 17.8 Å². The van der Waals surface area contributed by atoms with Crippen molar-refractivity contribution >= 4 is 28.3 Å². The van der Waals surface area contributed by atoms with Crippen molar-refractivity contribution < 1.29 is 4.79 Å². The lowest BCUT2D eigenvalue weighted by Gasteiger charge is -2.02. The summed E-state index contributed by atoms with van der Waals surface area (Å²) >= 11 is 1.39. The van der Waals surface area contributed by atoms with Crippen molar-refractivity contribution in [2.75, 3.05) is 0 Å². The van der Waals surface area contributed by atoms with Gasteiger partial charge < -0.3 is 16.8 Å². The van der Waals surface area contributed by atoms with Gasteiger partial charge in [0.1, 0.15) is 0 Å². The molecule has 116 valence electrons. The van der Waals surface area contributed by atoms with E-state index in [1.165, 1.54) is 11.3 Å². The third-order valence-corrected chi connectivity index (χ3v) is 3.43. The average molecular weight is 318 g/mol. The van der Waals surface area contributed by atoms with Gasteiger partial charge in [-0.25, -0.2) is 4.98 Å². The quantitative estimate of drug-likeness (QED) is 0.577. The average Bonchev–Trinajstić information content (AvgIpc) is 3.25. The summed E-state index contributed by atoms with van der Waals surface area (Å²) in [5, 5.41) is 5.26. The van der Waals surface area contributed by atoms with Crippen LogP contribution in [0.2, 0.25) is 0 Å². The van der Waals surface area contributed by atoms with Crippen molar-refractivity contribution in [3.63, 3.8) is 0 Å². The Balaban J connectivity index is 0.000000172. The molecule has 0 aromatic carbocycles. The fourth-order valence-electron chi connectivity index (χ4n) is 1.55. The molecule has 8 heteroatoms. The third-order valence-electron chi connectivity index (χ3n) is 2.76. The van der Waals surface area contributed by atoms with Gasteiger partial charge in [-0.3, -0.25) is 9.78 Å². The highest BCUT2D eigenvalue weighted by molar-refractivity contribution is 7.13. The number of thiazole rings is 1. The standard InChI is InChI=1S/C10H12N2O.C4H6N4S/c13-10(8-4-5-8)12-7-9-3-1-2-6-11-9;5-3(6)8-4-7-1-2-9-4/h1-3,6,8H,4-5,7H2,(H,12,13);1-2H,(H4,5,6,7,8). The summed E-state index contributed by atoms with van der Waals surface area (Å²) in [6.45, 7) is 0.552. The molecule has 0 spiro atoms. The molecular weight excluding hydrogens is 300 g/mol. The maximum absolute atomic E-state index is 11.2. The molecule has 3 rings (SSSR count). The Labute approximate surface area is 132 Å². The zero-order chi connectivity index (χ0) is 15.8. The molecule has 0 atom stereocenters. The summed E-state index contributed by atoms with van der Waals surface area (Å²) in [6.07, 6.45) is 5.48. The number of guanidine groups is 1. The first-order chi connectivity index (χ1) is 10.6. The SMILES string of the molecule is NC(N)=Nc1nccs1.O=C(NCc1ccccn1)C1CC1. The van der Waals surface area contributed by atoms with Crippen LogP contribution in [-0.2, 0) is 11.3 Å². The van der Waals surface area contributed by atoms with E-state index < -0.39 is 0 Å². The van der Waals surface area contributed by atoms with Crippen LogP contribution in [0.25, 0.3) is 0 Å². The number of nitrogens with two attached hydrogens (primary N) is 2. The monoisotopic (exact) mass is 318 g/mol. The number of hydrogen-bond acceptors (Lipinski definition) is 5. The maximum atomic E-state index is 11.2. The number of carbonyl (C=O) groups excluding carboxylic acids is 1. The lowest BCUT2D eigenvalue weighted by Crippen LogP contribution is -2.24. The molecule has 0 bridgehead atoms. The minimum absolute atomic E-state index is 0.0463. The highest BCUT2D eigenvalue weighted by Gasteiger charge is 2.29. The van der Waals surface area contributed by atoms with E-state index in [2.05, 4.69) is 20.3 Å². The Morgan fingerprint density at radius 1 is 1.32 bits per heavy atom. The molecule has 0 aliphatic heterocycles. The largest absolute Gasteiger partial charge is 0.370 e. The van der Waals surface area contributed by atoms with Crippen molar-refractivity contribution in [1.82, 2.24) is 15.3 Å². The van der Waals surface area contributed by atoms with Gasteiger partial charge in [0.25, 0.3) is 0 Å². The van der Waals surface area contributed by atoms with E-state index in [1.807, 2.05) is 23.6 Å². The van der Waals surface area contributed by atoms with Crippen LogP contribution in [0.5, 0.6) is 0 Å². The fraction of sp³-hybridized carbons (Fsp3) is 0.286. The minimum Gasteiger partial charge on any atom is -0.370 e. The predicted molar refractivity (Wildman–Crippen MR) is 86.4 cm³/mol. The first-order valence-corrected chi connectivity index (χ1v) is 7.70. The zero-order valence-corrected chi connectivity index (χ0v) is 12.8. The first-order valence-electron chi connectivity index (χ1n) is 6.82. The second-order valence-corrected chi connectivity index (χ2v) is 5.54. The molecule has 22 heavy (non-hydrogen) atoms. The molecule has 1 amide bonds. The Bertz CT molecular complexity index is 606. The van der Waals surface area contributed by atoms with Gasteiger partial charge in [0.05, 0.1) is 12.2 Å². The van der Waals surface area contributed by atoms with Crippen molar-refractivity contribution in [1.29, 1.82) is 0 Å². The summed E-state index contributed by atoms with van der Waals surface area (Å²) in [6, 6.07) is 5.70. The highest BCUT2D eigenvalue weighted by atomic mass is 32.1. The number of hydrogen-bond donors (Lipinski definition) is 3. The van der Waals surface area contributed by atoms with Gasteiger partial charge in [0.2, 0.25) is 11.0 Å². The topological polar surface area (TPSA) is 119 Å². The number of carbonyl (C=O) groups is 1. The summed E-state index contributed by atoms with van der Waals surface area (Å²) in [4.78, 5) is 22.9. The molecule has 2 aromatic heterocycles. The second kappa shape index (κ2) is 8.08. The van der Waals surface area contributed by atoms with Crippen molar-refractivity contribution in [3.05, 3.63) is 41.7 Å². The fourth-order valence-corrected chi connectivity index (χ4v) is 2.08. The summed E-state index contributed by atoms with van der Waals surface area (Å²) in [5.41, 5.74) is 11.1. The number of nitrogens with one attached hydrogen (secondary N) is 1. The molecule has 0 saturated heterocycles. The molecule has 1 aliphatic rings. The number of rotatable bonds is 4. The van der Waals surface area contributed by atoms with Crippen LogP contribution < -0.4 is 16.8 Å². The van der Waals surface area contributed by atoms with Gasteiger partial charge in [0.15, 0.2) is 5.96 Å². The molecule has 0 radical (unpaired) electrons. The molecule has 1 aliphatic carbocycles. The van der Waals surface area contributed by atoms with Gasteiger partial charge >= 0.3 is 0 Å². The van der Waals surface area contributed by atoms with Crippen LogP contribution in [0.3, 0.4) is 0 Å². The van der Waals surface area contributed by atoms with Crippen LogP contribution >= 0.6 is 11.3 Å². The maximum Gasteiger partial charge on any atom is 0.223 e. The van der Waals surface area contributed by atoms with Crippen molar-refractivity contribution in [3.8, 4) is 0 Å². The Morgan fingerprint density at radius 2 is 2.14 bits per heavy atom. The number of aromatic nitrogens is 2. The Kier molecular flexibility index (Phi) is 5.84. The Morgan fingerprint density at radius 3 is 2.68 bits per heavy atom. The van der Waals surface area contributed by atoms with E-state index in [0.29, 0.717) is 11.7 Å². The highest BCUT2D eigenvalue weighted by Crippen LogP contribution is 2.28. The Hall–Kier alpha value is -2.48. The van der Waals surface area contributed by atoms with E-state index >= 15 is 0 Å². The van der Waals surface area contributed by atoms with Gasteiger partial charge in [-0.2, -0.15) is 4.99 Å². The van der Waals surface area contributed by atoms with Crippen LogP contribution in [0.4, 0.5) is 5.13 Å². The smallest absolute Gasteiger partial charge is 0.223 e. The van der Waals surface area contributed by atoms with Gasteiger partial charge in [0, 0.05) is 23.7 Å². The molecular formula is C14H18N6OS. The number of pyridine rings is 1.